The van der Waals surface area contributed by atoms with E-state index in [4.69, 9.17) is 11.2 Å². The summed E-state index contributed by atoms with van der Waals surface area (Å²) in [6, 6.07) is 0. The first-order valence-electron chi connectivity index (χ1n) is 5.41. The highest BCUT2D eigenvalue weighted by Crippen LogP contribution is 2.28. The van der Waals surface area contributed by atoms with Crippen molar-refractivity contribution in [2.24, 2.45) is 11.8 Å². The van der Waals surface area contributed by atoms with Crippen molar-refractivity contribution in [2.75, 3.05) is 13.2 Å². The predicted molar refractivity (Wildman–Crippen MR) is 49.0 cm³/mol. The molecular formula is C10H20O2. The van der Waals surface area contributed by atoms with Gasteiger partial charge in [-0.25, -0.2) is 0 Å². The Bertz CT molecular complexity index is 152. The largest absolute Gasteiger partial charge is 0.396 e. The molecule has 0 unspecified atom stereocenters. The number of aliphatic hydroxyl groups is 1. The number of ether oxygens (including phenoxy) is 1. The Morgan fingerprint density at radius 3 is 3.00 bits per heavy atom. The molecule has 1 saturated heterocycles. The van der Waals surface area contributed by atoms with Crippen molar-refractivity contribution in [1.29, 1.82) is 0 Å². The Hall–Kier alpha value is -0.0800. The second-order valence-corrected chi connectivity index (χ2v) is 3.82. The Morgan fingerprint density at radius 2 is 2.50 bits per heavy atom. The normalized spacial score (nSPS) is 39.6. The molecule has 1 aliphatic rings. The lowest BCUT2D eigenvalue weighted by Crippen LogP contribution is -2.22. The zero-order valence-corrected chi connectivity index (χ0v) is 7.99. The number of hydrogen-bond donors (Lipinski definition) is 1. The highest BCUT2D eigenvalue weighted by molar-refractivity contribution is 4.77. The van der Waals surface area contributed by atoms with Gasteiger partial charge in [-0.05, 0) is 31.1 Å². The minimum Gasteiger partial charge on any atom is -0.396 e. The molecule has 0 aromatic rings. The highest BCUT2D eigenvalue weighted by atomic mass is 16.5. The molecule has 12 heavy (non-hydrogen) atoms. The quantitative estimate of drug-likeness (QED) is 0.704. The van der Waals surface area contributed by atoms with Crippen LogP contribution >= 0.6 is 0 Å². The molecule has 1 N–H and O–H groups in total. The first-order chi connectivity index (χ1) is 6.15. The smallest absolute Gasteiger partial charge is 0.0626 e. The van der Waals surface area contributed by atoms with Gasteiger partial charge in [0.2, 0.25) is 0 Å². The summed E-state index contributed by atoms with van der Waals surface area (Å²) in [5.41, 5.74) is 0. The minimum atomic E-state index is -0.323. The predicted octanol–water partition coefficient (Wildman–Crippen LogP) is 1.82. The van der Waals surface area contributed by atoms with E-state index in [1.54, 1.807) is 0 Å². The lowest BCUT2D eigenvalue weighted by molar-refractivity contribution is 0.0459. The molecule has 0 spiro atoms. The highest BCUT2D eigenvalue weighted by Gasteiger charge is 2.28. The third-order valence-corrected chi connectivity index (χ3v) is 2.66. The van der Waals surface area contributed by atoms with Crippen LogP contribution in [0, 0.1) is 11.8 Å². The minimum absolute atomic E-state index is 0.231. The fraction of sp³-hybridized carbons (Fsp3) is 1.00. The molecule has 0 saturated carbocycles. The van der Waals surface area contributed by atoms with Crippen LogP contribution in [0.25, 0.3) is 0 Å². The van der Waals surface area contributed by atoms with Crippen LogP contribution in [0.3, 0.4) is 0 Å². The van der Waals surface area contributed by atoms with E-state index >= 15 is 0 Å². The van der Waals surface area contributed by atoms with Crippen LogP contribution < -0.4 is 0 Å². The lowest BCUT2D eigenvalue weighted by atomic mass is 9.90. The summed E-state index contributed by atoms with van der Waals surface area (Å²) in [6.45, 7) is 4.23. The Morgan fingerprint density at radius 1 is 1.75 bits per heavy atom. The van der Waals surface area contributed by atoms with Crippen LogP contribution in [0.1, 0.15) is 34.5 Å². The average Bonchev–Trinajstić information content (AvgIpc) is 2.41. The van der Waals surface area contributed by atoms with Gasteiger partial charge in [0, 0.05) is 13.2 Å². The van der Waals surface area contributed by atoms with Crippen molar-refractivity contribution < 1.29 is 11.2 Å². The van der Waals surface area contributed by atoms with E-state index in [2.05, 4.69) is 13.8 Å². The van der Waals surface area contributed by atoms with Crippen LogP contribution in [0.4, 0.5) is 0 Å². The summed E-state index contributed by atoms with van der Waals surface area (Å²) >= 11 is 0. The van der Waals surface area contributed by atoms with E-state index in [9.17, 15) is 0 Å². The van der Waals surface area contributed by atoms with Crippen molar-refractivity contribution in [3.8, 4) is 0 Å². The SMILES string of the molecule is [3H][C@H]1C[C@H](C)[C@@H]([C@@H](C)CCCO)O1. The van der Waals surface area contributed by atoms with Crippen molar-refractivity contribution in [3.63, 3.8) is 0 Å². The summed E-state index contributed by atoms with van der Waals surface area (Å²) in [7, 11) is 0. The summed E-state index contributed by atoms with van der Waals surface area (Å²) in [6.07, 6.45) is 2.93. The van der Waals surface area contributed by atoms with Crippen molar-refractivity contribution in [1.82, 2.24) is 0 Å². The summed E-state index contributed by atoms with van der Waals surface area (Å²) in [4.78, 5) is 0. The molecule has 4 atom stereocenters. The number of aliphatic hydroxyl groups excluding tert-OH is 1. The first kappa shape index (κ1) is 8.52. The van der Waals surface area contributed by atoms with E-state index in [1.807, 2.05) is 0 Å². The van der Waals surface area contributed by atoms with Gasteiger partial charge in [-0.2, -0.15) is 0 Å². The Kier molecular flexibility index (Phi) is 3.43. The number of rotatable bonds is 4. The van der Waals surface area contributed by atoms with Gasteiger partial charge in [-0.1, -0.05) is 13.8 Å². The molecule has 2 nitrogen and oxygen atoms in total. The van der Waals surface area contributed by atoms with Crippen molar-refractivity contribution >= 4 is 0 Å². The molecule has 1 rings (SSSR count). The third kappa shape index (κ3) is 2.46. The van der Waals surface area contributed by atoms with Gasteiger partial charge < -0.3 is 9.84 Å². The fourth-order valence-corrected chi connectivity index (χ4v) is 1.86. The van der Waals surface area contributed by atoms with Crippen LogP contribution in [-0.4, -0.2) is 24.4 Å². The molecule has 0 bridgehead atoms. The first-order valence-corrected chi connectivity index (χ1v) is 4.83. The van der Waals surface area contributed by atoms with E-state index in [1.165, 1.54) is 0 Å². The molecule has 0 aromatic heterocycles. The van der Waals surface area contributed by atoms with Crippen molar-refractivity contribution in [3.05, 3.63) is 0 Å². The maximum Gasteiger partial charge on any atom is 0.0626 e. The molecule has 0 amide bonds. The monoisotopic (exact) mass is 174 g/mol. The van der Waals surface area contributed by atoms with Gasteiger partial charge in [0.25, 0.3) is 0 Å². The summed E-state index contributed by atoms with van der Waals surface area (Å²) in [5.74, 6) is 0.966. The second-order valence-electron chi connectivity index (χ2n) is 3.82. The zero-order chi connectivity index (χ0) is 9.84. The molecule has 1 heterocycles. The second kappa shape index (κ2) is 4.83. The molecule has 2 heteroatoms. The third-order valence-electron chi connectivity index (χ3n) is 2.66. The van der Waals surface area contributed by atoms with Crippen LogP contribution in [0.5, 0.6) is 0 Å². The molecule has 0 radical (unpaired) electrons. The van der Waals surface area contributed by atoms with Gasteiger partial charge in [-0.3, -0.25) is 0 Å². The molecule has 0 aromatic carbocycles. The standard InChI is InChI=1S/C10H20O2/c1-8(4-3-6-11)10-9(2)5-7-12-10/h8-11H,3-7H2,1-2H3/t8-,9-,10+/m0/s1/i7T/t7-,8-,9-,10+. The van der Waals surface area contributed by atoms with Gasteiger partial charge in [-0.15, -0.1) is 0 Å². The summed E-state index contributed by atoms with van der Waals surface area (Å²) < 4.78 is 13.0. The molecular weight excluding hydrogens is 152 g/mol. The van der Waals surface area contributed by atoms with Gasteiger partial charge in [0.1, 0.15) is 0 Å². The maximum absolute atomic E-state index is 8.70. The van der Waals surface area contributed by atoms with Gasteiger partial charge in [0.05, 0.1) is 7.47 Å². The van der Waals surface area contributed by atoms with E-state index in [-0.39, 0.29) is 19.3 Å². The Labute approximate surface area is 76.3 Å². The molecule has 1 aliphatic heterocycles. The van der Waals surface area contributed by atoms with Crippen LogP contribution in [0.15, 0.2) is 0 Å². The molecule has 0 aliphatic carbocycles. The van der Waals surface area contributed by atoms with E-state index < -0.39 is 0 Å². The average molecular weight is 174 g/mol. The fourth-order valence-electron chi connectivity index (χ4n) is 1.86. The van der Waals surface area contributed by atoms with Crippen LogP contribution in [-0.2, 0) is 4.74 Å². The van der Waals surface area contributed by atoms with E-state index in [0.29, 0.717) is 11.8 Å². The number of hydrogen-bond acceptors (Lipinski definition) is 2. The lowest BCUT2D eigenvalue weighted by Gasteiger charge is -2.21. The van der Waals surface area contributed by atoms with Crippen LogP contribution in [0.2, 0.25) is 0 Å². The van der Waals surface area contributed by atoms with E-state index in [0.717, 1.165) is 19.3 Å². The van der Waals surface area contributed by atoms with Gasteiger partial charge in [0.15, 0.2) is 0 Å². The summed E-state index contributed by atoms with van der Waals surface area (Å²) in [5, 5.41) is 8.70. The molecule has 72 valence electrons. The van der Waals surface area contributed by atoms with Gasteiger partial charge >= 0.3 is 0 Å². The zero-order valence-electron chi connectivity index (χ0n) is 8.99. The Balaban J connectivity index is 2.33. The maximum atomic E-state index is 8.70. The molecule has 1 fully saturated rings. The van der Waals surface area contributed by atoms with Crippen molar-refractivity contribution in [2.45, 2.75) is 39.2 Å². The topological polar surface area (TPSA) is 29.5 Å².